The van der Waals surface area contributed by atoms with E-state index < -0.39 is 0 Å². The minimum absolute atomic E-state index is 0.113. The van der Waals surface area contributed by atoms with Gasteiger partial charge in [-0.15, -0.1) is 11.3 Å². The molecule has 1 aromatic heterocycles. The van der Waals surface area contributed by atoms with Crippen LogP contribution in [0, 0.1) is 13.8 Å². The Balaban J connectivity index is 1.98. The summed E-state index contributed by atoms with van der Waals surface area (Å²) in [6.45, 7) is 4.35. The van der Waals surface area contributed by atoms with Crippen LogP contribution in [0.3, 0.4) is 0 Å². The summed E-state index contributed by atoms with van der Waals surface area (Å²) in [6, 6.07) is 8.98. The van der Waals surface area contributed by atoms with E-state index in [1.165, 1.54) is 53.7 Å². The average Bonchev–Trinajstić information content (AvgIpc) is 2.75. The van der Waals surface area contributed by atoms with Gasteiger partial charge in [0.2, 0.25) is 0 Å². The van der Waals surface area contributed by atoms with Gasteiger partial charge >= 0.3 is 0 Å². The van der Waals surface area contributed by atoms with E-state index >= 15 is 0 Å². The number of hydrogen-bond donors (Lipinski definition) is 2. The fourth-order valence-corrected chi connectivity index (χ4v) is 4.58. The Morgan fingerprint density at radius 3 is 2.76 bits per heavy atom. The lowest BCUT2D eigenvalue weighted by Crippen LogP contribution is -2.28. The average molecular weight is 300 g/mol. The van der Waals surface area contributed by atoms with Gasteiger partial charge in [-0.25, -0.2) is 5.43 Å². The predicted octanol–water partition coefficient (Wildman–Crippen LogP) is 4.19. The van der Waals surface area contributed by atoms with E-state index in [0.717, 1.165) is 0 Å². The first kappa shape index (κ1) is 14.8. The lowest BCUT2D eigenvalue weighted by molar-refractivity contribution is 0.641. The first-order chi connectivity index (χ1) is 10.2. The molecule has 0 aliphatic heterocycles. The van der Waals surface area contributed by atoms with Gasteiger partial charge in [-0.1, -0.05) is 24.6 Å². The Bertz CT molecular complexity index is 607. The summed E-state index contributed by atoms with van der Waals surface area (Å²) in [4.78, 5) is 2.94. The van der Waals surface area contributed by atoms with Crippen molar-refractivity contribution in [1.82, 2.24) is 5.43 Å². The van der Waals surface area contributed by atoms with E-state index in [1.54, 1.807) is 10.4 Å². The predicted molar refractivity (Wildman–Crippen MR) is 90.7 cm³/mol. The van der Waals surface area contributed by atoms with Gasteiger partial charge in [0.05, 0.1) is 6.04 Å². The fourth-order valence-electron chi connectivity index (χ4n) is 3.24. The van der Waals surface area contributed by atoms with Crippen LogP contribution in [0.2, 0.25) is 0 Å². The van der Waals surface area contributed by atoms with Gasteiger partial charge in [-0.3, -0.25) is 5.84 Å². The van der Waals surface area contributed by atoms with Crippen LogP contribution in [0.4, 0.5) is 0 Å². The van der Waals surface area contributed by atoms with Crippen molar-refractivity contribution >= 4 is 11.3 Å². The van der Waals surface area contributed by atoms with Crippen molar-refractivity contribution in [2.24, 2.45) is 5.84 Å². The molecule has 0 bridgehead atoms. The summed E-state index contributed by atoms with van der Waals surface area (Å²) in [5, 5.41) is 0. The molecule has 1 heterocycles. The monoisotopic (exact) mass is 300 g/mol. The van der Waals surface area contributed by atoms with E-state index in [1.807, 2.05) is 11.3 Å². The van der Waals surface area contributed by atoms with E-state index in [-0.39, 0.29) is 6.04 Å². The zero-order valence-corrected chi connectivity index (χ0v) is 13.7. The van der Waals surface area contributed by atoms with Crippen LogP contribution in [-0.4, -0.2) is 0 Å². The highest BCUT2D eigenvalue weighted by Crippen LogP contribution is 2.35. The molecule has 1 aromatic carbocycles. The summed E-state index contributed by atoms with van der Waals surface area (Å²) in [7, 11) is 0. The maximum Gasteiger partial charge on any atom is 0.0805 e. The normalized spacial score (nSPS) is 16.3. The van der Waals surface area contributed by atoms with Crippen molar-refractivity contribution < 1.29 is 0 Å². The quantitative estimate of drug-likeness (QED) is 0.507. The molecule has 112 valence electrons. The van der Waals surface area contributed by atoms with Crippen molar-refractivity contribution in [3.63, 3.8) is 0 Å². The number of fused-ring (bicyclic) bond motifs is 1. The molecule has 2 aromatic rings. The van der Waals surface area contributed by atoms with Crippen LogP contribution >= 0.6 is 11.3 Å². The zero-order chi connectivity index (χ0) is 14.8. The molecular formula is C18H24N2S. The van der Waals surface area contributed by atoms with Gasteiger partial charge in [-0.05, 0) is 67.9 Å². The standard InChI is InChI=1S/C18H24N2S/c1-12-7-6-9-15(13(12)2)18(20-19)17-11-14-8-4-3-5-10-16(14)21-17/h6-7,9,11,18,20H,3-5,8,10,19H2,1-2H3. The smallest absolute Gasteiger partial charge is 0.0805 e. The number of hydrogen-bond acceptors (Lipinski definition) is 3. The summed E-state index contributed by atoms with van der Waals surface area (Å²) in [5.41, 5.74) is 8.55. The number of rotatable bonds is 3. The minimum atomic E-state index is 0.113. The third-order valence-corrected chi connectivity index (χ3v) is 5.98. The number of nitrogens with two attached hydrogens (primary N) is 1. The topological polar surface area (TPSA) is 38.0 Å². The fraction of sp³-hybridized carbons (Fsp3) is 0.444. The van der Waals surface area contributed by atoms with Crippen LogP contribution in [0.15, 0.2) is 24.3 Å². The van der Waals surface area contributed by atoms with E-state index in [4.69, 9.17) is 5.84 Å². The third-order valence-electron chi connectivity index (χ3n) is 4.67. The number of aryl methyl sites for hydroxylation is 3. The second-order valence-electron chi connectivity index (χ2n) is 6.05. The minimum Gasteiger partial charge on any atom is -0.271 e. The Morgan fingerprint density at radius 2 is 1.95 bits per heavy atom. The molecule has 3 rings (SSSR count). The second-order valence-corrected chi connectivity index (χ2v) is 7.21. The van der Waals surface area contributed by atoms with E-state index in [2.05, 4.69) is 43.5 Å². The van der Waals surface area contributed by atoms with Crippen molar-refractivity contribution in [2.45, 2.75) is 52.0 Å². The van der Waals surface area contributed by atoms with Gasteiger partial charge in [0.1, 0.15) is 0 Å². The summed E-state index contributed by atoms with van der Waals surface area (Å²) >= 11 is 1.95. The van der Waals surface area contributed by atoms with Gasteiger partial charge in [0.25, 0.3) is 0 Å². The lowest BCUT2D eigenvalue weighted by Gasteiger charge is -2.18. The van der Waals surface area contributed by atoms with Gasteiger partial charge in [-0.2, -0.15) is 0 Å². The van der Waals surface area contributed by atoms with Crippen molar-refractivity contribution in [3.8, 4) is 0 Å². The maximum atomic E-state index is 5.90. The van der Waals surface area contributed by atoms with Crippen LogP contribution in [0.25, 0.3) is 0 Å². The molecule has 3 heteroatoms. The molecule has 1 unspecified atom stereocenters. The van der Waals surface area contributed by atoms with Crippen molar-refractivity contribution in [2.75, 3.05) is 0 Å². The summed E-state index contributed by atoms with van der Waals surface area (Å²) in [6.07, 6.45) is 6.50. The molecular weight excluding hydrogens is 276 g/mol. The lowest BCUT2D eigenvalue weighted by atomic mass is 9.96. The SMILES string of the molecule is Cc1cccc(C(NN)c2cc3c(s2)CCCCC3)c1C. The van der Waals surface area contributed by atoms with Crippen molar-refractivity contribution in [3.05, 3.63) is 56.3 Å². The molecule has 21 heavy (non-hydrogen) atoms. The first-order valence-corrected chi connectivity index (χ1v) is 8.66. The molecule has 0 amide bonds. The molecule has 0 saturated carbocycles. The van der Waals surface area contributed by atoms with Crippen LogP contribution in [0.5, 0.6) is 0 Å². The summed E-state index contributed by atoms with van der Waals surface area (Å²) < 4.78 is 0. The molecule has 1 aliphatic rings. The number of hydrazine groups is 1. The van der Waals surface area contributed by atoms with Crippen molar-refractivity contribution in [1.29, 1.82) is 0 Å². The molecule has 3 N–H and O–H groups in total. The Morgan fingerprint density at radius 1 is 1.14 bits per heavy atom. The van der Waals surface area contributed by atoms with Crippen LogP contribution in [0.1, 0.15) is 57.3 Å². The maximum absolute atomic E-state index is 5.90. The molecule has 0 saturated heterocycles. The Hall–Kier alpha value is -1.16. The summed E-state index contributed by atoms with van der Waals surface area (Å²) in [5.74, 6) is 5.90. The Kier molecular flexibility index (Phi) is 4.43. The third kappa shape index (κ3) is 2.91. The Labute approximate surface area is 131 Å². The zero-order valence-electron chi connectivity index (χ0n) is 12.9. The highest BCUT2D eigenvalue weighted by molar-refractivity contribution is 7.12. The molecule has 0 fully saturated rings. The molecule has 0 radical (unpaired) electrons. The molecule has 2 nitrogen and oxygen atoms in total. The van der Waals surface area contributed by atoms with Gasteiger partial charge < -0.3 is 0 Å². The van der Waals surface area contributed by atoms with E-state index in [9.17, 15) is 0 Å². The molecule has 1 aliphatic carbocycles. The van der Waals surface area contributed by atoms with Crippen LogP contribution in [-0.2, 0) is 12.8 Å². The second kappa shape index (κ2) is 6.30. The number of nitrogens with one attached hydrogen (secondary N) is 1. The number of benzene rings is 1. The van der Waals surface area contributed by atoms with Crippen LogP contribution < -0.4 is 11.3 Å². The largest absolute Gasteiger partial charge is 0.271 e. The van der Waals surface area contributed by atoms with Gasteiger partial charge in [0, 0.05) is 9.75 Å². The highest BCUT2D eigenvalue weighted by Gasteiger charge is 2.20. The molecule has 1 atom stereocenters. The number of thiophene rings is 1. The van der Waals surface area contributed by atoms with Gasteiger partial charge in [0.15, 0.2) is 0 Å². The highest BCUT2D eigenvalue weighted by atomic mass is 32.1. The van der Waals surface area contributed by atoms with E-state index in [0.29, 0.717) is 0 Å². The first-order valence-electron chi connectivity index (χ1n) is 7.84. The molecule has 0 spiro atoms.